The number of rotatable bonds is 9. The van der Waals surface area contributed by atoms with Crippen LogP contribution >= 0.6 is 0 Å². The van der Waals surface area contributed by atoms with Crippen molar-refractivity contribution in [3.8, 4) is 0 Å². The Balaban J connectivity index is 1.11. The van der Waals surface area contributed by atoms with Gasteiger partial charge in [0.15, 0.2) is 12.6 Å². The molecule has 18 nitrogen and oxygen atoms in total. The van der Waals surface area contributed by atoms with Gasteiger partial charge >= 0.3 is 17.6 Å². The van der Waals surface area contributed by atoms with Gasteiger partial charge in [0.25, 0.3) is 0 Å². The Bertz CT molecular complexity index is 1740. The molecule has 59 heavy (non-hydrogen) atoms. The van der Waals surface area contributed by atoms with Crippen molar-refractivity contribution in [2.24, 2.45) is 22.7 Å². The van der Waals surface area contributed by atoms with E-state index in [0.717, 1.165) is 0 Å². The van der Waals surface area contributed by atoms with Crippen molar-refractivity contribution in [3.05, 3.63) is 34.4 Å². The lowest BCUT2D eigenvalue weighted by Gasteiger charge is -2.68. The molecule has 2 saturated heterocycles. The van der Waals surface area contributed by atoms with Crippen LogP contribution in [0.2, 0.25) is 0 Å². The molecule has 332 valence electrons. The molecule has 7 rings (SSSR count). The second-order valence-electron chi connectivity index (χ2n) is 18.2. The summed E-state index contributed by atoms with van der Waals surface area (Å²) in [4.78, 5) is 37.1. The van der Waals surface area contributed by atoms with E-state index in [1.807, 2.05) is 13.8 Å². The van der Waals surface area contributed by atoms with Gasteiger partial charge in [-0.05, 0) is 62.0 Å². The number of carbonyl (C=O) groups is 2. The maximum Gasteiger partial charge on any atom is 0.335 e. The molecule has 3 heterocycles. The standard InChI is InChI=1S/C41H60O18/c1-18-30(46)35(52-6)33(49)37(54-18)59-34-26(16-42)58-36(32(48)31(34)47)57-22-9-11-38(4)23(13-22)24(55-19(2)43)14-40(50)27(38)10-12-39(5)29(21-7-8-28(45)53-17-21)25(56-20(3)44)15-41(39,40)51/h7-8,17-18,22-27,29-37,42,46-51H,9-16H2,1-6H3/t18-,22-,23+,24+,25+,26-,27-,29+,30-,31-,32-,33-,34+,35-,36-,37-,38+,39+,40+,41+/m0/s1. The number of ether oxygens (including phenoxy) is 7. The third-order valence-electron chi connectivity index (χ3n) is 15.1. The molecule has 0 unspecified atom stereocenters. The average molecular weight is 841 g/mol. The van der Waals surface area contributed by atoms with Crippen LogP contribution in [0.15, 0.2) is 27.6 Å². The van der Waals surface area contributed by atoms with E-state index in [0.29, 0.717) is 31.2 Å². The van der Waals surface area contributed by atoms with Crippen LogP contribution in [0.25, 0.3) is 0 Å². The zero-order chi connectivity index (χ0) is 43.0. The van der Waals surface area contributed by atoms with E-state index >= 15 is 0 Å². The minimum Gasteiger partial charge on any atom is -0.462 e. The fourth-order valence-electron chi connectivity index (χ4n) is 12.3. The van der Waals surface area contributed by atoms with Crippen LogP contribution in [0.1, 0.15) is 91.0 Å². The summed E-state index contributed by atoms with van der Waals surface area (Å²) in [5.74, 6) is -2.71. The summed E-state index contributed by atoms with van der Waals surface area (Å²) in [6, 6.07) is 2.85. The van der Waals surface area contributed by atoms with Crippen molar-refractivity contribution in [1.29, 1.82) is 0 Å². The lowest BCUT2D eigenvalue weighted by atomic mass is 9.40. The van der Waals surface area contributed by atoms with Gasteiger partial charge in [-0.3, -0.25) is 9.59 Å². The molecular weight excluding hydrogens is 780 g/mol. The number of methoxy groups -OCH3 is 1. The third-order valence-corrected chi connectivity index (χ3v) is 15.1. The molecule has 1 aromatic rings. The van der Waals surface area contributed by atoms with E-state index in [2.05, 4.69) is 0 Å². The molecule has 6 fully saturated rings. The number of esters is 2. The highest BCUT2D eigenvalue weighted by molar-refractivity contribution is 5.67. The molecule has 18 heteroatoms. The molecule has 6 aliphatic rings. The van der Waals surface area contributed by atoms with Crippen molar-refractivity contribution in [1.82, 2.24) is 0 Å². The Morgan fingerprint density at radius 3 is 2.15 bits per heavy atom. The van der Waals surface area contributed by atoms with Crippen molar-refractivity contribution in [2.45, 2.75) is 176 Å². The SMILES string of the molecule is CO[C@@H]1[C@H](O)[C@H](O[C@H]2[C@@H](O)[C@H](O)[C@@H](O[C@H]3CC[C@]4(C)[C@H](C3)[C@H](OC(C)=O)C[C@@]3(O)[C@H]4CC[C@]4(C)[C@H](c5ccc(=O)oc5)[C@H](OC(C)=O)C[C@]34O)O[C@H]2CO)O[C@@H](C)[C@@H]1O. The zero-order valence-electron chi connectivity index (χ0n) is 34.2. The van der Waals surface area contributed by atoms with E-state index in [9.17, 15) is 50.1 Å². The predicted octanol–water partition coefficient (Wildman–Crippen LogP) is -0.230. The van der Waals surface area contributed by atoms with E-state index in [1.165, 1.54) is 33.3 Å². The summed E-state index contributed by atoms with van der Waals surface area (Å²) < 4.78 is 46.1. The fraction of sp³-hybridized carbons (Fsp3) is 0.829. The molecule has 0 aromatic carbocycles. The highest BCUT2D eigenvalue weighted by atomic mass is 16.7. The van der Waals surface area contributed by atoms with Gasteiger partial charge in [-0.15, -0.1) is 0 Å². The number of fused-ring (bicyclic) bond motifs is 5. The van der Waals surface area contributed by atoms with Gasteiger partial charge in [-0.1, -0.05) is 13.8 Å². The van der Waals surface area contributed by atoms with Crippen LogP contribution in [0, 0.1) is 22.7 Å². The predicted molar refractivity (Wildman–Crippen MR) is 199 cm³/mol. The Morgan fingerprint density at radius 2 is 1.53 bits per heavy atom. The van der Waals surface area contributed by atoms with Crippen LogP contribution in [-0.4, -0.2) is 152 Å². The van der Waals surface area contributed by atoms with Crippen LogP contribution in [0.5, 0.6) is 0 Å². The Hall–Kier alpha value is -2.59. The number of aliphatic hydroxyl groups excluding tert-OH is 5. The highest BCUT2D eigenvalue weighted by Gasteiger charge is 2.78. The lowest BCUT2D eigenvalue weighted by molar-refractivity contribution is -0.364. The third kappa shape index (κ3) is 7.27. The summed E-state index contributed by atoms with van der Waals surface area (Å²) in [5, 5.41) is 80.3. The second-order valence-corrected chi connectivity index (χ2v) is 18.2. The van der Waals surface area contributed by atoms with Gasteiger partial charge in [0.1, 0.15) is 66.1 Å². The number of hydrogen-bond donors (Lipinski definition) is 7. The molecule has 0 spiro atoms. The minimum absolute atomic E-state index is 0.116. The van der Waals surface area contributed by atoms with Gasteiger partial charge < -0.3 is 73.3 Å². The van der Waals surface area contributed by atoms with Crippen molar-refractivity contribution < 1.29 is 82.9 Å². The topological polar surface area (TPSA) is 271 Å². The Morgan fingerprint density at radius 1 is 0.847 bits per heavy atom. The van der Waals surface area contributed by atoms with Gasteiger partial charge in [-0.25, -0.2) is 4.79 Å². The van der Waals surface area contributed by atoms with Crippen LogP contribution in [-0.2, 0) is 42.7 Å². The first-order valence-corrected chi connectivity index (χ1v) is 20.6. The summed E-state index contributed by atoms with van der Waals surface area (Å²) in [6.45, 7) is 7.30. The fourth-order valence-corrected chi connectivity index (χ4v) is 12.3. The van der Waals surface area contributed by atoms with Crippen LogP contribution in [0.3, 0.4) is 0 Å². The summed E-state index contributed by atoms with van der Waals surface area (Å²) in [7, 11) is 1.30. The van der Waals surface area contributed by atoms with Gasteiger partial charge in [0.2, 0.25) is 0 Å². The molecule has 2 aliphatic heterocycles. The molecule has 20 atom stereocenters. The van der Waals surface area contributed by atoms with Gasteiger partial charge in [0, 0.05) is 57.1 Å². The highest BCUT2D eigenvalue weighted by Crippen LogP contribution is 2.72. The van der Waals surface area contributed by atoms with Gasteiger partial charge in [-0.2, -0.15) is 0 Å². The first-order valence-electron chi connectivity index (χ1n) is 20.6. The number of hydrogen-bond acceptors (Lipinski definition) is 18. The largest absolute Gasteiger partial charge is 0.462 e. The smallest absolute Gasteiger partial charge is 0.335 e. The maximum absolute atomic E-state index is 13.1. The monoisotopic (exact) mass is 840 g/mol. The minimum atomic E-state index is -1.85. The quantitative estimate of drug-likeness (QED) is 0.125. The molecule has 4 aliphatic carbocycles. The molecule has 1 aromatic heterocycles. The van der Waals surface area contributed by atoms with E-state index < -0.39 is 144 Å². The Labute approximate surface area is 341 Å². The summed E-state index contributed by atoms with van der Waals surface area (Å²) in [5.41, 5.74) is -5.50. The van der Waals surface area contributed by atoms with Crippen LogP contribution in [0.4, 0.5) is 0 Å². The first-order chi connectivity index (χ1) is 27.7. The first kappa shape index (κ1) is 44.5. The van der Waals surface area contributed by atoms with Crippen molar-refractivity contribution in [2.75, 3.05) is 13.7 Å². The van der Waals surface area contributed by atoms with E-state index in [4.69, 9.17) is 37.6 Å². The van der Waals surface area contributed by atoms with E-state index in [1.54, 1.807) is 13.0 Å². The van der Waals surface area contributed by atoms with Crippen LogP contribution < -0.4 is 5.63 Å². The average Bonchev–Trinajstić information content (AvgIpc) is 3.40. The summed E-state index contributed by atoms with van der Waals surface area (Å²) in [6.07, 6.45) is -12.7. The summed E-state index contributed by atoms with van der Waals surface area (Å²) >= 11 is 0. The second kappa shape index (κ2) is 16.3. The molecule has 0 amide bonds. The van der Waals surface area contributed by atoms with Gasteiger partial charge in [0.05, 0.1) is 25.1 Å². The van der Waals surface area contributed by atoms with Crippen molar-refractivity contribution >= 4 is 11.9 Å². The molecule has 7 N–H and O–H groups in total. The number of aliphatic hydroxyl groups is 7. The molecule has 0 bridgehead atoms. The Kier molecular flexibility index (Phi) is 12.3. The number of carbonyl (C=O) groups excluding carboxylic acids is 2. The maximum atomic E-state index is 13.1. The zero-order valence-corrected chi connectivity index (χ0v) is 34.2. The van der Waals surface area contributed by atoms with Crippen molar-refractivity contribution in [3.63, 3.8) is 0 Å². The normalized spacial score (nSPS) is 49.6. The van der Waals surface area contributed by atoms with E-state index in [-0.39, 0.29) is 19.3 Å². The molecular formula is C41H60O18. The lowest BCUT2D eigenvalue weighted by Crippen LogP contribution is -2.75. The molecule has 0 radical (unpaired) electrons. The molecule has 4 saturated carbocycles.